The molecule has 0 bridgehead atoms. The van der Waals surface area contributed by atoms with Crippen molar-refractivity contribution in [3.05, 3.63) is 39.7 Å². The van der Waals surface area contributed by atoms with E-state index >= 15 is 0 Å². The van der Waals surface area contributed by atoms with Gasteiger partial charge in [0.1, 0.15) is 5.82 Å². The molecule has 4 nitrogen and oxygen atoms in total. The Balaban J connectivity index is 2.35. The van der Waals surface area contributed by atoms with Gasteiger partial charge >= 0.3 is 0 Å². The van der Waals surface area contributed by atoms with E-state index in [1.807, 2.05) is 0 Å². The summed E-state index contributed by atoms with van der Waals surface area (Å²) in [7, 11) is 0. The van der Waals surface area contributed by atoms with Gasteiger partial charge in [-0.05, 0) is 24.8 Å². The van der Waals surface area contributed by atoms with Crippen molar-refractivity contribution in [3.8, 4) is 0 Å². The van der Waals surface area contributed by atoms with Crippen LogP contribution in [0.15, 0.2) is 18.2 Å². The highest BCUT2D eigenvalue weighted by molar-refractivity contribution is 5.37. The van der Waals surface area contributed by atoms with Gasteiger partial charge in [-0.3, -0.25) is 10.1 Å². The Morgan fingerprint density at radius 1 is 1.53 bits per heavy atom. The number of nitrogens with two attached hydrogens (primary N) is 1. The largest absolute Gasteiger partial charge is 0.324 e. The molecule has 15 heavy (non-hydrogen) atoms. The average Bonchev–Trinajstić information content (AvgIpc) is 3.00. The fraction of sp³-hybridized carbons (Fsp3) is 0.400. The third-order valence-electron chi connectivity index (χ3n) is 2.68. The number of hydrogen-bond acceptors (Lipinski definition) is 3. The van der Waals surface area contributed by atoms with E-state index in [0.717, 1.165) is 25.0 Å². The van der Waals surface area contributed by atoms with E-state index in [1.165, 1.54) is 6.07 Å². The minimum Gasteiger partial charge on any atom is -0.324 e. The zero-order valence-electron chi connectivity index (χ0n) is 8.02. The Labute approximate surface area is 86.0 Å². The first-order valence-corrected chi connectivity index (χ1v) is 4.79. The first-order chi connectivity index (χ1) is 7.09. The van der Waals surface area contributed by atoms with Crippen molar-refractivity contribution in [1.82, 2.24) is 0 Å². The molecule has 2 rings (SSSR count). The molecule has 1 aromatic carbocycles. The number of benzene rings is 1. The second kappa shape index (κ2) is 3.58. The molecule has 1 atom stereocenters. The minimum atomic E-state index is -0.539. The van der Waals surface area contributed by atoms with Crippen molar-refractivity contribution >= 4 is 5.69 Å². The van der Waals surface area contributed by atoms with Crippen LogP contribution in [0.2, 0.25) is 0 Å². The van der Waals surface area contributed by atoms with Gasteiger partial charge in [0.05, 0.1) is 4.92 Å². The van der Waals surface area contributed by atoms with Crippen LogP contribution in [0, 0.1) is 21.8 Å². The van der Waals surface area contributed by atoms with Crippen molar-refractivity contribution in [2.24, 2.45) is 11.7 Å². The zero-order valence-corrected chi connectivity index (χ0v) is 8.02. The van der Waals surface area contributed by atoms with E-state index in [1.54, 1.807) is 0 Å². The lowest BCUT2D eigenvalue weighted by molar-refractivity contribution is -0.385. The molecule has 2 N–H and O–H groups in total. The van der Waals surface area contributed by atoms with Crippen LogP contribution in [0.25, 0.3) is 0 Å². The number of halogens is 1. The maximum Gasteiger partial charge on any atom is 0.269 e. The molecule has 0 saturated heterocycles. The smallest absolute Gasteiger partial charge is 0.269 e. The fourth-order valence-corrected chi connectivity index (χ4v) is 1.61. The Morgan fingerprint density at radius 3 is 2.73 bits per heavy atom. The SMILES string of the molecule is N[C@H](c1cc([N+](=O)[O-])ccc1F)C1CC1. The lowest BCUT2D eigenvalue weighted by Gasteiger charge is -2.11. The van der Waals surface area contributed by atoms with Crippen LogP contribution < -0.4 is 5.73 Å². The summed E-state index contributed by atoms with van der Waals surface area (Å²) >= 11 is 0. The second-order valence-corrected chi connectivity index (χ2v) is 3.83. The molecule has 1 aliphatic carbocycles. The zero-order chi connectivity index (χ0) is 11.0. The first kappa shape index (κ1) is 10.0. The number of nitrogens with zero attached hydrogens (tertiary/aromatic N) is 1. The molecule has 0 spiro atoms. The summed E-state index contributed by atoms with van der Waals surface area (Å²) in [6, 6.07) is 3.08. The van der Waals surface area contributed by atoms with Crippen molar-refractivity contribution in [2.45, 2.75) is 18.9 Å². The molecule has 80 valence electrons. The normalized spacial score (nSPS) is 17.5. The molecule has 0 amide bonds. The Bertz CT molecular complexity index is 404. The summed E-state index contributed by atoms with van der Waals surface area (Å²) in [4.78, 5) is 9.98. The van der Waals surface area contributed by atoms with Gasteiger partial charge in [0, 0.05) is 23.7 Å². The van der Waals surface area contributed by atoms with Gasteiger partial charge in [0.2, 0.25) is 0 Å². The van der Waals surface area contributed by atoms with Gasteiger partial charge in [-0.1, -0.05) is 0 Å². The molecule has 1 fully saturated rings. The van der Waals surface area contributed by atoms with Gasteiger partial charge < -0.3 is 5.73 Å². The standard InChI is InChI=1S/C10H11FN2O2/c11-9-4-3-7(13(14)15)5-8(9)10(12)6-1-2-6/h3-6,10H,1-2,12H2/t10-/m0/s1. The van der Waals surface area contributed by atoms with Crippen LogP contribution in [0.1, 0.15) is 24.4 Å². The van der Waals surface area contributed by atoms with Gasteiger partial charge in [-0.15, -0.1) is 0 Å². The van der Waals surface area contributed by atoms with Gasteiger partial charge in [0.15, 0.2) is 0 Å². The summed E-state index contributed by atoms with van der Waals surface area (Å²) in [5.74, 6) is -0.179. The molecule has 0 unspecified atom stereocenters. The summed E-state index contributed by atoms with van der Waals surface area (Å²) in [5, 5.41) is 10.5. The van der Waals surface area contributed by atoms with E-state index in [2.05, 4.69) is 0 Å². The van der Waals surface area contributed by atoms with E-state index in [-0.39, 0.29) is 17.2 Å². The quantitative estimate of drug-likeness (QED) is 0.613. The van der Waals surface area contributed by atoms with Crippen LogP contribution in [-0.4, -0.2) is 4.92 Å². The van der Waals surface area contributed by atoms with Gasteiger partial charge in [-0.2, -0.15) is 0 Å². The van der Waals surface area contributed by atoms with Crippen LogP contribution in [-0.2, 0) is 0 Å². The lowest BCUT2D eigenvalue weighted by atomic mass is 10.0. The summed E-state index contributed by atoms with van der Waals surface area (Å²) < 4.78 is 13.4. The third-order valence-corrected chi connectivity index (χ3v) is 2.68. The Morgan fingerprint density at radius 2 is 2.20 bits per heavy atom. The number of hydrogen-bond donors (Lipinski definition) is 1. The number of non-ortho nitro benzene ring substituents is 1. The third kappa shape index (κ3) is 1.97. The summed E-state index contributed by atoms with van der Waals surface area (Å²) in [6.45, 7) is 0. The molecule has 0 heterocycles. The second-order valence-electron chi connectivity index (χ2n) is 3.83. The van der Waals surface area contributed by atoms with E-state index < -0.39 is 16.8 Å². The number of rotatable bonds is 3. The van der Waals surface area contributed by atoms with E-state index in [0.29, 0.717) is 0 Å². The number of nitro groups is 1. The van der Waals surface area contributed by atoms with Crippen LogP contribution in [0.5, 0.6) is 0 Å². The summed E-state index contributed by atoms with van der Waals surface area (Å²) in [5.41, 5.74) is 5.95. The van der Waals surface area contributed by atoms with Crippen molar-refractivity contribution < 1.29 is 9.31 Å². The predicted molar refractivity (Wildman–Crippen MR) is 52.7 cm³/mol. The molecule has 1 aromatic rings. The number of nitro benzene ring substituents is 1. The lowest BCUT2D eigenvalue weighted by Crippen LogP contribution is -2.14. The molecule has 5 heteroatoms. The van der Waals surface area contributed by atoms with Gasteiger partial charge in [-0.25, -0.2) is 4.39 Å². The monoisotopic (exact) mass is 210 g/mol. The highest BCUT2D eigenvalue weighted by Crippen LogP contribution is 2.40. The van der Waals surface area contributed by atoms with Crippen molar-refractivity contribution in [3.63, 3.8) is 0 Å². The van der Waals surface area contributed by atoms with Crippen LogP contribution >= 0.6 is 0 Å². The van der Waals surface area contributed by atoms with Crippen LogP contribution in [0.3, 0.4) is 0 Å². The molecule has 0 aliphatic heterocycles. The summed E-state index contributed by atoms with van der Waals surface area (Å²) in [6.07, 6.45) is 1.95. The average molecular weight is 210 g/mol. The Hall–Kier alpha value is -1.49. The molecule has 1 saturated carbocycles. The first-order valence-electron chi connectivity index (χ1n) is 4.79. The van der Waals surface area contributed by atoms with Crippen LogP contribution in [0.4, 0.5) is 10.1 Å². The van der Waals surface area contributed by atoms with Crippen molar-refractivity contribution in [2.75, 3.05) is 0 Å². The van der Waals surface area contributed by atoms with Gasteiger partial charge in [0.25, 0.3) is 5.69 Å². The van der Waals surface area contributed by atoms with E-state index in [9.17, 15) is 14.5 Å². The minimum absolute atomic E-state index is 0.109. The molecular weight excluding hydrogens is 199 g/mol. The fourth-order valence-electron chi connectivity index (χ4n) is 1.61. The highest BCUT2D eigenvalue weighted by Gasteiger charge is 2.31. The maximum absolute atomic E-state index is 13.4. The maximum atomic E-state index is 13.4. The molecule has 0 aromatic heterocycles. The molecular formula is C10H11FN2O2. The predicted octanol–water partition coefficient (Wildman–Crippen LogP) is 2.14. The van der Waals surface area contributed by atoms with E-state index in [4.69, 9.17) is 5.73 Å². The Kier molecular flexibility index (Phi) is 2.40. The topological polar surface area (TPSA) is 69.2 Å². The molecule has 1 aliphatic rings. The highest BCUT2D eigenvalue weighted by atomic mass is 19.1. The molecule has 0 radical (unpaired) electrons. The van der Waals surface area contributed by atoms with Crippen molar-refractivity contribution in [1.29, 1.82) is 0 Å².